The van der Waals surface area contributed by atoms with E-state index in [4.69, 9.17) is 10.5 Å². The van der Waals surface area contributed by atoms with Crippen LogP contribution < -0.4 is 10.5 Å². The second-order valence-corrected chi connectivity index (χ2v) is 5.42. The number of methoxy groups -OCH3 is 1. The summed E-state index contributed by atoms with van der Waals surface area (Å²) < 4.78 is 5.21. The molecule has 1 saturated carbocycles. The van der Waals surface area contributed by atoms with Crippen LogP contribution >= 0.6 is 0 Å². The van der Waals surface area contributed by atoms with Crippen LogP contribution in [0.3, 0.4) is 0 Å². The van der Waals surface area contributed by atoms with E-state index >= 15 is 0 Å². The summed E-state index contributed by atoms with van der Waals surface area (Å²) in [4.78, 5) is 2.38. The monoisotopic (exact) mass is 278 g/mol. The molecule has 0 bridgehead atoms. The van der Waals surface area contributed by atoms with Crippen molar-refractivity contribution in [1.82, 2.24) is 4.90 Å². The van der Waals surface area contributed by atoms with Crippen LogP contribution in [0.15, 0.2) is 24.3 Å². The fourth-order valence-electron chi connectivity index (χ4n) is 3.23. The van der Waals surface area contributed by atoms with E-state index < -0.39 is 0 Å². The highest BCUT2D eigenvalue weighted by molar-refractivity contribution is 5.29. The van der Waals surface area contributed by atoms with Gasteiger partial charge in [0.05, 0.1) is 13.7 Å². The summed E-state index contributed by atoms with van der Waals surface area (Å²) in [5, 5.41) is 9.37. The highest BCUT2D eigenvalue weighted by Crippen LogP contribution is 2.31. The summed E-state index contributed by atoms with van der Waals surface area (Å²) >= 11 is 0. The van der Waals surface area contributed by atoms with Gasteiger partial charge < -0.3 is 15.6 Å². The van der Waals surface area contributed by atoms with Crippen LogP contribution in [0.2, 0.25) is 0 Å². The third kappa shape index (κ3) is 3.51. The van der Waals surface area contributed by atoms with Gasteiger partial charge in [0.1, 0.15) is 5.75 Å². The molecule has 1 aliphatic carbocycles. The molecule has 0 spiro atoms. The summed E-state index contributed by atoms with van der Waals surface area (Å²) in [6, 6.07) is 8.84. The van der Waals surface area contributed by atoms with Crippen molar-refractivity contribution in [3.05, 3.63) is 29.8 Å². The summed E-state index contributed by atoms with van der Waals surface area (Å²) in [5.74, 6) is 0.860. The van der Waals surface area contributed by atoms with Gasteiger partial charge in [-0.05, 0) is 30.5 Å². The van der Waals surface area contributed by atoms with Gasteiger partial charge in [-0.3, -0.25) is 4.90 Å². The first-order valence-corrected chi connectivity index (χ1v) is 7.50. The Bertz CT molecular complexity index is 388. The van der Waals surface area contributed by atoms with E-state index in [1.54, 1.807) is 7.11 Å². The second kappa shape index (κ2) is 7.62. The van der Waals surface area contributed by atoms with Gasteiger partial charge in [0, 0.05) is 25.2 Å². The number of rotatable bonds is 7. The molecular formula is C16H26N2O2. The van der Waals surface area contributed by atoms with E-state index in [-0.39, 0.29) is 12.6 Å². The normalized spacial score (nSPS) is 17.6. The zero-order chi connectivity index (χ0) is 14.4. The van der Waals surface area contributed by atoms with Gasteiger partial charge in [0.2, 0.25) is 0 Å². The zero-order valence-corrected chi connectivity index (χ0v) is 12.3. The Hall–Kier alpha value is -1.10. The Morgan fingerprint density at radius 1 is 1.30 bits per heavy atom. The van der Waals surface area contributed by atoms with E-state index in [0.717, 1.165) is 5.75 Å². The van der Waals surface area contributed by atoms with Crippen molar-refractivity contribution in [2.24, 2.45) is 5.73 Å². The largest absolute Gasteiger partial charge is 0.497 e. The van der Waals surface area contributed by atoms with Crippen LogP contribution in [0, 0.1) is 0 Å². The van der Waals surface area contributed by atoms with Crippen molar-refractivity contribution in [2.45, 2.75) is 37.8 Å². The van der Waals surface area contributed by atoms with Crippen LogP contribution in [0.5, 0.6) is 5.75 Å². The summed E-state index contributed by atoms with van der Waals surface area (Å²) in [6.07, 6.45) is 5.00. The minimum absolute atomic E-state index is 0.177. The van der Waals surface area contributed by atoms with Crippen molar-refractivity contribution in [2.75, 3.05) is 26.8 Å². The van der Waals surface area contributed by atoms with Gasteiger partial charge in [0.15, 0.2) is 0 Å². The molecule has 0 amide bonds. The van der Waals surface area contributed by atoms with Crippen LogP contribution in [-0.4, -0.2) is 42.9 Å². The number of hydrogen-bond donors (Lipinski definition) is 2. The van der Waals surface area contributed by atoms with Crippen LogP contribution in [0.25, 0.3) is 0 Å². The molecule has 0 saturated heterocycles. The highest BCUT2D eigenvalue weighted by Gasteiger charge is 2.28. The maximum absolute atomic E-state index is 9.37. The number of ether oxygens (including phenoxy) is 1. The lowest BCUT2D eigenvalue weighted by atomic mass is 10.0. The van der Waals surface area contributed by atoms with E-state index in [1.807, 2.05) is 12.1 Å². The SMILES string of the molecule is COc1ccc(C(CN)N(CCO)C2CCCC2)cc1. The lowest BCUT2D eigenvalue weighted by Gasteiger charge is -2.35. The van der Waals surface area contributed by atoms with E-state index in [0.29, 0.717) is 19.1 Å². The first-order chi connectivity index (χ1) is 9.80. The first-order valence-electron chi connectivity index (χ1n) is 7.50. The molecule has 1 aromatic rings. The molecule has 0 radical (unpaired) electrons. The summed E-state index contributed by atoms with van der Waals surface area (Å²) in [5.41, 5.74) is 7.22. The maximum atomic E-state index is 9.37. The minimum atomic E-state index is 0.177. The number of aliphatic hydroxyl groups excluding tert-OH is 1. The predicted molar refractivity (Wildman–Crippen MR) is 80.8 cm³/mol. The Morgan fingerprint density at radius 2 is 1.95 bits per heavy atom. The molecule has 0 aromatic heterocycles. The molecule has 0 aliphatic heterocycles. The molecular weight excluding hydrogens is 252 g/mol. The molecule has 1 unspecified atom stereocenters. The fraction of sp³-hybridized carbons (Fsp3) is 0.625. The fourth-order valence-corrected chi connectivity index (χ4v) is 3.23. The van der Waals surface area contributed by atoms with Crippen molar-refractivity contribution >= 4 is 0 Å². The van der Waals surface area contributed by atoms with Crippen molar-refractivity contribution < 1.29 is 9.84 Å². The topological polar surface area (TPSA) is 58.7 Å². The predicted octanol–water partition coefficient (Wildman–Crippen LogP) is 1.93. The van der Waals surface area contributed by atoms with E-state index in [2.05, 4.69) is 17.0 Å². The van der Waals surface area contributed by atoms with Crippen LogP contribution in [0.1, 0.15) is 37.3 Å². The number of hydrogen-bond acceptors (Lipinski definition) is 4. The van der Waals surface area contributed by atoms with Gasteiger partial charge in [-0.2, -0.15) is 0 Å². The highest BCUT2D eigenvalue weighted by atomic mass is 16.5. The Kier molecular flexibility index (Phi) is 5.83. The van der Waals surface area contributed by atoms with Gasteiger partial charge in [-0.25, -0.2) is 0 Å². The first kappa shape index (κ1) is 15.3. The molecule has 3 N–H and O–H groups in total. The Balaban J connectivity index is 2.17. The Labute approximate surface area is 121 Å². The molecule has 20 heavy (non-hydrogen) atoms. The van der Waals surface area contributed by atoms with Gasteiger partial charge in [-0.15, -0.1) is 0 Å². The standard InChI is InChI=1S/C16H26N2O2/c1-20-15-8-6-13(7-9-15)16(12-17)18(10-11-19)14-4-2-3-5-14/h6-9,14,16,19H,2-5,10-12,17H2,1H3. The van der Waals surface area contributed by atoms with Crippen LogP contribution in [-0.2, 0) is 0 Å². The lowest BCUT2D eigenvalue weighted by molar-refractivity contribution is 0.107. The zero-order valence-electron chi connectivity index (χ0n) is 12.3. The Morgan fingerprint density at radius 3 is 2.45 bits per heavy atom. The lowest BCUT2D eigenvalue weighted by Crippen LogP contribution is -2.41. The quantitative estimate of drug-likeness (QED) is 0.800. The smallest absolute Gasteiger partial charge is 0.118 e. The summed E-state index contributed by atoms with van der Waals surface area (Å²) in [7, 11) is 1.67. The number of nitrogens with two attached hydrogens (primary N) is 1. The molecule has 1 aliphatic rings. The second-order valence-electron chi connectivity index (χ2n) is 5.42. The molecule has 4 heteroatoms. The molecule has 1 fully saturated rings. The number of aliphatic hydroxyl groups is 1. The molecule has 112 valence electrons. The molecule has 0 heterocycles. The maximum Gasteiger partial charge on any atom is 0.118 e. The van der Waals surface area contributed by atoms with E-state index in [9.17, 15) is 5.11 Å². The molecule has 2 rings (SSSR count). The number of benzene rings is 1. The van der Waals surface area contributed by atoms with Crippen LogP contribution in [0.4, 0.5) is 0 Å². The number of nitrogens with zero attached hydrogens (tertiary/aromatic N) is 1. The van der Waals surface area contributed by atoms with Gasteiger partial charge in [-0.1, -0.05) is 25.0 Å². The third-order valence-electron chi connectivity index (χ3n) is 4.28. The van der Waals surface area contributed by atoms with Crippen molar-refractivity contribution in [3.63, 3.8) is 0 Å². The van der Waals surface area contributed by atoms with Gasteiger partial charge in [0.25, 0.3) is 0 Å². The van der Waals surface area contributed by atoms with Crippen molar-refractivity contribution in [3.8, 4) is 5.75 Å². The van der Waals surface area contributed by atoms with E-state index in [1.165, 1.54) is 31.2 Å². The average Bonchev–Trinajstić information content (AvgIpc) is 3.02. The molecule has 4 nitrogen and oxygen atoms in total. The average molecular weight is 278 g/mol. The molecule has 1 atom stereocenters. The minimum Gasteiger partial charge on any atom is -0.497 e. The molecule has 1 aromatic carbocycles. The van der Waals surface area contributed by atoms with Gasteiger partial charge >= 0.3 is 0 Å². The summed E-state index contributed by atoms with van der Waals surface area (Å²) in [6.45, 7) is 1.45. The van der Waals surface area contributed by atoms with Crippen molar-refractivity contribution in [1.29, 1.82) is 0 Å². The third-order valence-corrected chi connectivity index (χ3v) is 4.28.